The van der Waals surface area contributed by atoms with Gasteiger partial charge in [-0.25, -0.2) is 0 Å². The molecule has 1 rings (SSSR count). The monoisotopic (exact) mass is 179 g/mol. The molecule has 0 aliphatic carbocycles. The molecule has 1 atom stereocenters. The fourth-order valence-corrected chi connectivity index (χ4v) is 1.48. The van der Waals surface area contributed by atoms with Gasteiger partial charge in [-0.2, -0.15) is 0 Å². The average Bonchev–Trinajstić information content (AvgIpc) is 1.86. The topological polar surface area (TPSA) is 21.3 Å². The Morgan fingerprint density at radius 3 is 2.45 bits per heavy atom. The molecule has 0 aromatic heterocycles. The molecule has 0 spiro atoms. The van der Waals surface area contributed by atoms with Crippen LogP contribution in [0.3, 0.4) is 0 Å². The molecule has 1 fully saturated rings. The normalized spacial score (nSPS) is 29.2. The third-order valence-corrected chi connectivity index (χ3v) is 2.11. The van der Waals surface area contributed by atoms with Gasteiger partial charge in [-0.05, 0) is 33.7 Å². The van der Waals surface area contributed by atoms with Gasteiger partial charge in [0.2, 0.25) is 0 Å². The molecule has 0 amide bonds. The molecule has 0 aromatic carbocycles. The Bertz CT molecular complexity index is 117. The highest BCUT2D eigenvalue weighted by molar-refractivity contribution is 5.85. The summed E-state index contributed by atoms with van der Waals surface area (Å²) < 4.78 is 5.56. The zero-order valence-electron chi connectivity index (χ0n) is 7.52. The average molecular weight is 180 g/mol. The van der Waals surface area contributed by atoms with E-state index < -0.39 is 0 Å². The highest BCUT2D eigenvalue weighted by Gasteiger charge is 2.27. The van der Waals surface area contributed by atoms with Crippen LogP contribution in [-0.4, -0.2) is 25.3 Å². The first kappa shape index (κ1) is 11.2. The number of halogens is 1. The fourth-order valence-electron chi connectivity index (χ4n) is 1.48. The molecule has 1 heterocycles. The van der Waals surface area contributed by atoms with Crippen LogP contribution in [0, 0.1) is 0 Å². The Labute approximate surface area is 75.1 Å². The van der Waals surface area contributed by atoms with Crippen LogP contribution in [-0.2, 0) is 4.74 Å². The Kier molecular flexibility index (Phi) is 4.37. The number of nitrogens with one attached hydrogen (secondary N) is 1. The van der Waals surface area contributed by atoms with E-state index >= 15 is 0 Å². The van der Waals surface area contributed by atoms with Gasteiger partial charge in [0.25, 0.3) is 0 Å². The summed E-state index contributed by atoms with van der Waals surface area (Å²) >= 11 is 0. The van der Waals surface area contributed by atoms with E-state index in [1.165, 1.54) is 0 Å². The van der Waals surface area contributed by atoms with Gasteiger partial charge < -0.3 is 10.1 Å². The SMILES string of the molecule is CN[C@H]1CCOC(C)(C)C1.Cl. The highest BCUT2D eigenvalue weighted by atomic mass is 35.5. The minimum Gasteiger partial charge on any atom is -0.375 e. The molecule has 0 saturated carbocycles. The summed E-state index contributed by atoms with van der Waals surface area (Å²) in [5.41, 5.74) is 0.0892. The second kappa shape index (κ2) is 4.29. The molecule has 3 heteroatoms. The zero-order chi connectivity index (χ0) is 7.61. The molecule has 1 aliphatic rings. The molecule has 0 aromatic rings. The first-order valence-corrected chi connectivity index (χ1v) is 3.95. The van der Waals surface area contributed by atoms with Gasteiger partial charge >= 0.3 is 0 Å². The van der Waals surface area contributed by atoms with E-state index in [1.807, 2.05) is 7.05 Å². The first-order valence-electron chi connectivity index (χ1n) is 3.95. The maximum absolute atomic E-state index is 5.56. The van der Waals surface area contributed by atoms with Crippen LogP contribution in [0.5, 0.6) is 0 Å². The fraction of sp³-hybridized carbons (Fsp3) is 1.00. The largest absolute Gasteiger partial charge is 0.375 e. The third kappa shape index (κ3) is 3.41. The van der Waals surface area contributed by atoms with Crippen LogP contribution >= 0.6 is 12.4 Å². The van der Waals surface area contributed by atoms with E-state index in [4.69, 9.17) is 4.74 Å². The van der Waals surface area contributed by atoms with Gasteiger partial charge in [0.05, 0.1) is 5.60 Å². The van der Waals surface area contributed by atoms with Crippen LogP contribution in [0.2, 0.25) is 0 Å². The van der Waals surface area contributed by atoms with Crippen molar-refractivity contribution in [3.63, 3.8) is 0 Å². The Balaban J connectivity index is 0.000001000. The lowest BCUT2D eigenvalue weighted by Gasteiger charge is -2.35. The van der Waals surface area contributed by atoms with Crippen molar-refractivity contribution < 1.29 is 4.74 Å². The number of hydrogen-bond acceptors (Lipinski definition) is 2. The smallest absolute Gasteiger partial charge is 0.0641 e. The van der Waals surface area contributed by atoms with Gasteiger partial charge in [0, 0.05) is 12.6 Å². The summed E-state index contributed by atoms with van der Waals surface area (Å²) in [5.74, 6) is 0. The Morgan fingerprint density at radius 2 is 2.09 bits per heavy atom. The second-order valence-electron chi connectivity index (χ2n) is 3.59. The minimum absolute atomic E-state index is 0. The summed E-state index contributed by atoms with van der Waals surface area (Å²) in [6.45, 7) is 5.20. The van der Waals surface area contributed by atoms with Gasteiger partial charge in [0.1, 0.15) is 0 Å². The number of ether oxygens (including phenoxy) is 1. The van der Waals surface area contributed by atoms with Crippen molar-refractivity contribution in [1.29, 1.82) is 0 Å². The summed E-state index contributed by atoms with van der Waals surface area (Å²) in [7, 11) is 2.02. The number of hydrogen-bond donors (Lipinski definition) is 1. The first-order chi connectivity index (χ1) is 4.64. The van der Waals surface area contributed by atoms with E-state index in [1.54, 1.807) is 0 Å². The Hall–Kier alpha value is 0.210. The van der Waals surface area contributed by atoms with Crippen molar-refractivity contribution in [1.82, 2.24) is 5.32 Å². The second-order valence-corrected chi connectivity index (χ2v) is 3.59. The maximum atomic E-state index is 5.56. The van der Waals surface area contributed by atoms with Gasteiger partial charge in [0.15, 0.2) is 0 Å². The molecule has 1 aliphatic heterocycles. The summed E-state index contributed by atoms with van der Waals surface area (Å²) in [4.78, 5) is 0. The molecule has 1 N–H and O–H groups in total. The molecule has 0 radical (unpaired) electrons. The third-order valence-electron chi connectivity index (χ3n) is 2.11. The van der Waals surface area contributed by atoms with Crippen molar-refractivity contribution in [2.45, 2.75) is 38.3 Å². The lowest BCUT2D eigenvalue weighted by molar-refractivity contribution is -0.0619. The van der Waals surface area contributed by atoms with Crippen molar-refractivity contribution in [2.75, 3.05) is 13.7 Å². The molecule has 0 unspecified atom stereocenters. The van der Waals surface area contributed by atoms with E-state index in [-0.39, 0.29) is 18.0 Å². The summed E-state index contributed by atoms with van der Waals surface area (Å²) in [6.07, 6.45) is 2.28. The van der Waals surface area contributed by atoms with Gasteiger partial charge in [-0.15, -0.1) is 12.4 Å². The lowest BCUT2D eigenvalue weighted by Crippen LogP contribution is -2.42. The van der Waals surface area contributed by atoms with E-state index in [0.29, 0.717) is 6.04 Å². The van der Waals surface area contributed by atoms with Crippen molar-refractivity contribution in [3.8, 4) is 0 Å². The molecule has 2 nitrogen and oxygen atoms in total. The maximum Gasteiger partial charge on any atom is 0.0641 e. The lowest BCUT2D eigenvalue weighted by atomic mass is 9.94. The molecule has 68 valence electrons. The molecular formula is C8H18ClNO. The number of rotatable bonds is 1. The van der Waals surface area contributed by atoms with Crippen molar-refractivity contribution >= 4 is 12.4 Å². The molecular weight excluding hydrogens is 162 g/mol. The summed E-state index contributed by atoms with van der Waals surface area (Å²) in [5, 5.41) is 3.28. The predicted octanol–water partition coefficient (Wildman–Crippen LogP) is 1.59. The Morgan fingerprint density at radius 1 is 1.45 bits per heavy atom. The van der Waals surface area contributed by atoms with E-state index in [9.17, 15) is 0 Å². The molecule has 1 saturated heterocycles. The predicted molar refractivity (Wildman–Crippen MR) is 49.4 cm³/mol. The van der Waals surface area contributed by atoms with Crippen molar-refractivity contribution in [2.24, 2.45) is 0 Å². The minimum atomic E-state index is 0. The van der Waals surface area contributed by atoms with Gasteiger partial charge in [-0.1, -0.05) is 0 Å². The quantitative estimate of drug-likeness (QED) is 0.660. The van der Waals surface area contributed by atoms with Crippen LogP contribution in [0.25, 0.3) is 0 Å². The summed E-state index contributed by atoms with van der Waals surface area (Å²) in [6, 6.07) is 0.656. The van der Waals surface area contributed by atoms with E-state index in [2.05, 4.69) is 19.2 Å². The van der Waals surface area contributed by atoms with E-state index in [0.717, 1.165) is 19.4 Å². The highest BCUT2D eigenvalue weighted by Crippen LogP contribution is 2.23. The van der Waals surface area contributed by atoms with Crippen LogP contribution in [0.4, 0.5) is 0 Å². The van der Waals surface area contributed by atoms with Crippen LogP contribution in [0.15, 0.2) is 0 Å². The van der Waals surface area contributed by atoms with Gasteiger partial charge in [-0.3, -0.25) is 0 Å². The standard InChI is InChI=1S/C8H17NO.ClH/c1-8(2)6-7(9-3)4-5-10-8;/h7,9H,4-6H2,1-3H3;1H/t7-;/m0./s1. The molecule has 0 bridgehead atoms. The zero-order valence-corrected chi connectivity index (χ0v) is 8.33. The van der Waals surface area contributed by atoms with Crippen LogP contribution in [0.1, 0.15) is 26.7 Å². The molecule has 11 heavy (non-hydrogen) atoms. The van der Waals surface area contributed by atoms with Crippen molar-refractivity contribution in [3.05, 3.63) is 0 Å². The van der Waals surface area contributed by atoms with Crippen LogP contribution < -0.4 is 5.32 Å².